The number of carboxylic acids is 1. The van der Waals surface area contributed by atoms with E-state index < -0.39 is 5.97 Å². The zero-order valence-electron chi connectivity index (χ0n) is 15.0. The van der Waals surface area contributed by atoms with Gasteiger partial charge < -0.3 is 19.5 Å². The second-order valence-electron chi connectivity index (χ2n) is 6.32. The Morgan fingerprint density at radius 3 is 2.61 bits per heavy atom. The number of carbonyl (C=O) groups excluding carboxylic acids is 1. The van der Waals surface area contributed by atoms with Crippen molar-refractivity contribution < 1.29 is 24.2 Å². The third-order valence-electron chi connectivity index (χ3n) is 4.35. The molecular weight excluding hydrogens is 362 g/mol. The lowest BCUT2D eigenvalue weighted by Gasteiger charge is -2.18. The molecule has 1 amide bonds. The van der Waals surface area contributed by atoms with E-state index >= 15 is 0 Å². The summed E-state index contributed by atoms with van der Waals surface area (Å²) in [7, 11) is 1.65. The molecule has 2 aromatic carbocycles. The van der Waals surface area contributed by atoms with Crippen LogP contribution in [0.2, 0.25) is 0 Å². The zero-order valence-corrected chi connectivity index (χ0v) is 15.0. The van der Waals surface area contributed by atoms with E-state index in [9.17, 15) is 14.7 Å². The maximum absolute atomic E-state index is 13.0. The first-order chi connectivity index (χ1) is 13.5. The quantitative estimate of drug-likeness (QED) is 0.732. The summed E-state index contributed by atoms with van der Waals surface area (Å²) in [5, 5.41) is 13.4. The fourth-order valence-electron chi connectivity index (χ4n) is 2.98. The Balaban J connectivity index is 1.62. The van der Waals surface area contributed by atoms with Gasteiger partial charge in [0.1, 0.15) is 5.69 Å². The molecule has 0 unspecified atom stereocenters. The number of para-hydroxylation sites is 1. The molecule has 0 fully saturated rings. The first kappa shape index (κ1) is 17.6. The number of ether oxygens (including phenoxy) is 2. The third-order valence-corrected chi connectivity index (χ3v) is 4.35. The van der Waals surface area contributed by atoms with Gasteiger partial charge in [0, 0.05) is 19.7 Å². The van der Waals surface area contributed by atoms with Gasteiger partial charge >= 0.3 is 5.97 Å². The van der Waals surface area contributed by atoms with E-state index in [0.717, 1.165) is 5.56 Å². The van der Waals surface area contributed by atoms with Crippen molar-refractivity contribution >= 4 is 11.9 Å². The van der Waals surface area contributed by atoms with Crippen LogP contribution in [0.25, 0.3) is 5.69 Å². The highest BCUT2D eigenvalue weighted by molar-refractivity contribution is 5.96. The summed E-state index contributed by atoms with van der Waals surface area (Å²) in [5.74, 6) is -0.226. The maximum atomic E-state index is 13.0. The van der Waals surface area contributed by atoms with Gasteiger partial charge in [-0.2, -0.15) is 5.10 Å². The van der Waals surface area contributed by atoms with E-state index in [1.165, 1.54) is 15.6 Å². The molecule has 1 N–H and O–H groups in total. The van der Waals surface area contributed by atoms with Crippen LogP contribution in [0, 0.1) is 0 Å². The van der Waals surface area contributed by atoms with Gasteiger partial charge in [-0.25, -0.2) is 9.48 Å². The Kier molecular flexibility index (Phi) is 4.44. The monoisotopic (exact) mass is 379 g/mol. The highest BCUT2D eigenvalue weighted by atomic mass is 16.7. The minimum absolute atomic E-state index is 0.173. The molecule has 1 aliphatic rings. The van der Waals surface area contributed by atoms with Gasteiger partial charge in [-0.1, -0.05) is 24.3 Å². The first-order valence-corrected chi connectivity index (χ1v) is 8.55. The van der Waals surface area contributed by atoms with Crippen LogP contribution in [0.4, 0.5) is 0 Å². The molecule has 0 bridgehead atoms. The fraction of sp³-hybridized carbons (Fsp3) is 0.150. The molecule has 142 valence electrons. The van der Waals surface area contributed by atoms with E-state index in [-0.39, 0.29) is 24.1 Å². The molecule has 0 aliphatic carbocycles. The van der Waals surface area contributed by atoms with E-state index in [4.69, 9.17) is 9.47 Å². The van der Waals surface area contributed by atoms with E-state index in [1.54, 1.807) is 37.4 Å². The smallest absolute Gasteiger partial charge is 0.356 e. The minimum Gasteiger partial charge on any atom is -0.476 e. The average molecular weight is 379 g/mol. The molecule has 0 saturated heterocycles. The number of hydrogen-bond donors (Lipinski definition) is 1. The van der Waals surface area contributed by atoms with Crippen molar-refractivity contribution in [2.45, 2.75) is 6.54 Å². The molecule has 8 heteroatoms. The molecule has 0 atom stereocenters. The zero-order chi connectivity index (χ0) is 19.7. The van der Waals surface area contributed by atoms with Crippen LogP contribution in [0.3, 0.4) is 0 Å². The van der Waals surface area contributed by atoms with Crippen molar-refractivity contribution in [3.8, 4) is 17.2 Å². The lowest BCUT2D eigenvalue weighted by atomic mass is 10.2. The lowest BCUT2D eigenvalue weighted by molar-refractivity contribution is 0.0689. The Labute approximate surface area is 160 Å². The molecule has 3 aromatic rings. The maximum Gasteiger partial charge on any atom is 0.356 e. The Hall–Kier alpha value is -3.81. The number of fused-ring (bicyclic) bond motifs is 1. The van der Waals surface area contributed by atoms with Crippen LogP contribution < -0.4 is 9.47 Å². The number of carbonyl (C=O) groups is 2. The summed E-state index contributed by atoms with van der Waals surface area (Å²) in [6, 6.07) is 15.7. The number of benzene rings is 2. The molecule has 1 aromatic heterocycles. The summed E-state index contributed by atoms with van der Waals surface area (Å²) >= 11 is 0. The summed E-state index contributed by atoms with van der Waals surface area (Å²) < 4.78 is 12.0. The summed E-state index contributed by atoms with van der Waals surface area (Å²) in [4.78, 5) is 25.9. The number of rotatable bonds is 5. The van der Waals surface area contributed by atoms with Crippen LogP contribution in [0.1, 0.15) is 26.5 Å². The highest BCUT2D eigenvalue weighted by Gasteiger charge is 2.23. The first-order valence-electron chi connectivity index (χ1n) is 8.55. The molecular formula is C20H17N3O5. The van der Waals surface area contributed by atoms with Gasteiger partial charge in [0.2, 0.25) is 6.79 Å². The molecule has 2 heterocycles. The van der Waals surface area contributed by atoms with E-state index in [0.29, 0.717) is 23.7 Å². The molecule has 0 saturated carbocycles. The predicted molar refractivity (Wildman–Crippen MR) is 98.9 cm³/mol. The van der Waals surface area contributed by atoms with Gasteiger partial charge in [-0.15, -0.1) is 0 Å². The van der Waals surface area contributed by atoms with Gasteiger partial charge in [0.05, 0.1) is 5.69 Å². The Morgan fingerprint density at radius 2 is 1.86 bits per heavy atom. The van der Waals surface area contributed by atoms with Crippen LogP contribution in [0.15, 0.2) is 54.6 Å². The summed E-state index contributed by atoms with van der Waals surface area (Å²) in [6.07, 6.45) is 0. The van der Waals surface area contributed by atoms with Gasteiger partial charge in [0.25, 0.3) is 5.91 Å². The van der Waals surface area contributed by atoms with E-state index in [2.05, 4.69) is 5.10 Å². The second kappa shape index (κ2) is 7.07. The number of nitrogens with zero attached hydrogens (tertiary/aromatic N) is 3. The number of hydrogen-bond acceptors (Lipinski definition) is 5. The highest BCUT2D eigenvalue weighted by Crippen LogP contribution is 2.32. The van der Waals surface area contributed by atoms with Crippen LogP contribution in [-0.2, 0) is 6.54 Å². The van der Waals surface area contributed by atoms with Crippen LogP contribution in [0.5, 0.6) is 11.5 Å². The molecule has 4 rings (SSSR count). The van der Waals surface area contributed by atoms with Gasteiger partial charge in [-0.3, -0.25) is 4.79 Å². The average Bonchev–Trinajstić information content (AvgIpc) is 3.35. The van der Waals surface area contributed by atoms with Crippen molar-refractivity contribution in [2.75, 3.05) is 13.8 Å². The minimum atomic E-state index is -1.19. The second-order valence-corrected chi connectivity index (χ2v) is 6.32. The third kappa shape index (κ3) is 3.27. The molecule has 0 spiro atoms. The fourth-order valence-corrected chi connectivity index (χ4v) is 2.98. The van der Waals surface area contributed by atoms with Gasteiger partial charge in [-0.05, 0) is 29.8 Å². The molecule has 0 radical (unpaired) electrons. The Bertz CT molecular complexity index is 1050. The largest absolute Gasteiger partial charge is 0.476 e. The Morgan fingerprint density at radius 1 is 1.11 bits per heavy atom. The van der Waals surface area contributed by atoms with Crippen molar-refractivity contribution in [3.05, 3.63) is 71.5 Å². The predicted octanol–water partition coefficient (Wildman–Crippen LogP) is 2.57. The lowest BCUT2D eigenvalue weighted by Crippen LogP contribution is -2.28. The van der Waals surface area contributed by atoms with Gasteiger partial charge in [0.15, 0.2) is 17.2 Å². The summed E-state index contributed by atoms with van der Waals surface area (Å²) in [5.41, 5.74) is 1.45. The van der Waals surface area contributed by atoms with Crippen molar-refractivity contribution in [1.29, 1.82) is 0 Å². The van der Waals surface area contributed by atoms with E-state index in [1.807, 2.05) is 18.2 Å². The SMILES string of the molecule is CN(Cc1ccc2c(c1)OCO2)C(=O)c1cc(C(=O)O)nn1-c1ccccc1. The number of aromatic carboxylic acids is 1. The van der Waals surface area contributed by atoms with Crippen LogP contribution >= 0.6 is 0 Å². The number of carboxylic acid groups (broad SMARTS) is 1. The number of amides is 1. The standard InChI is InChI=1S/C20H17N3O5/c1-22(11-13-7-8-17-18(9-13)28-12-27-17)19(24)16-10-15(20(25)26)21-23(16)14-5-3-2-4-6-14/h2-10H,11-12H2,1H3,(H,25,26). The number of aromatic nitrogens is 2. The molecule has 28 heavy (non-hydrogen) atoms. The molecule has 1 aliphatic heterocycles. The summed E-state index contributed by atoms with van der Waals surface area (Å²) in [6.45, 7) is 0.500. The normalized spacial score (nSPS) is 12.0. The molecule has 8 nitrogen and oxygen atoms in total. The van der Waals surface area contributed by atoms with Crippen molar-refractivity contribution in [2.24, 2.45) is 0 Å². The topological polar surface area (TPSA) is 93.9 Å². The van der Waals surface area contributed by atoms with Crippen LogP contribution in [-0.4, -0.2) is 45.5 Å². The van der Waals surface area contributed by atoms with Crippen molar-refractivity contribution in [1.82, 2.24) is 14.7 Å². The van der Waals surface area contributed by atoms with Crippen molar-refractivity contribution in [3.63, 3.8) is 0 Å².